The third-order valence-electron chi connectivity index (χ3n) is 3.29. The highest BCUT2D eigenvalue weighted by Gasteiger charge is 2.12. The molecule has 0 aliphatic rings. The van der Waals surface area contributed by atoms with Crippen molar-refractivity contribution in [2.24, 2.45) is 0 Å². The molecule has 0 amide bonds. The van der Waals surface area contributed by atoms with Gasteiger partial charge in [0.15, 0.2) is 0 Å². The number of rotatable bonds is 6. The van der Waals surface area contributed by atoms with Crippen LogP contribution in [-0.4, -0.2) is 6.54 Å². The monoisotopic (exact) mass is 351 g/mol. The van der Waals surface area contributed by atoms with Crippen molar-refractivity contribution in [1.29, 1.82) is 0 Å². The van der Waals surface area contributed by atoms with E-state index in [1.165, 1.54) is 12.1 Å². The van der Waals surface area contributed by atoms with Gasteiger partial charge in [-0.3, -0.25) is 0 Å². The molecule has 2 aromatic carbocycles. The molecule has 0 aliphatic carbocycles. The number of nitrogens with one attached hydrogen (secondary N) is 1. The first-order valence-corrected chi connectivity index (χ1v) is 7.80. The molecule has 1 atom stereocenters. The molecule has 2 rings (SSSR count). The van der Waals surface area contributed by atoms with E-state index in [-0.39, 0.29) is 11.9 Å². The molecule has 0 fully saturated rings. The Hall–Kier alpha value is -1.39. The smallest absolute Gasteiger partial charge is 0.124 e. The minimum atomic E-state index is -0.247. The Kier molecular flexibility index (Phi) is 5.76. The lowest BCUT2D eigenvalue weighted by Crippen LogP contribution is -2.18. The summed E-state index contributed by atoms with van der Waals surface area (Å²) in [4.78, 5) is 0. The van der Waals surface area contributed by atoms with Crippen molar-refractivity contribution < 1.29 is 9.13 Å². The van der Waals surface area contributed by atoms with E-state index in [1.807, 2.05) is 38.1 Å². The van der Waals surface area contributed by atoms with Gasteiger partial charge in [0.25, 0.3) is 0 Å². The van der Waals surface area contributed by atoms with Gasteiger partial charge >= 0.3 is 0 Å². The van der Waals surface area contributed by atoms with E-state index in [0.29, 0.717) is 12.4 Å². The number of halogens is 2. The SMILES string of the molecule is CCNC(C)c1cc(F)ccc1OCc1ccccc1Br. The Bertz CT molecular complexity index is 603. The summed E-state index contributed by atoms with van der Waals surface area (Å²) in [7, 11) is 0. The summed E-state index contributed by atoms with van der Waals surface area (Å²) in [6.45, 7) is 5.29. The quantitative estimate of drug-likeness (QED) is 0.803. The molecule has 0 saturated carbocycles. The highest BCUT2D eigenvalue weighted by Crippen LogP contribution is 2.27. The number of ether oxygens (including phenoxy) is 1. The van der Waals surface area contributed by atoms with Gasteiger partial charge < -0.3 is 10.1 Å². The van der Waals surface area contributed by atoms with Crippen LogP contribution >= 0.6 is 15.9 Å². The number of benzene rings is 2. The Morgan fingerprint density at radius 3 is 2.71 bits per heavy atom. The Morgan fingerprint density at radius 1 is 1.24 bits per heavy atom. The Labute approximate surface area is 133 Å². The van der Waals surface area contributed by atoms with Gasteiger partial charge in [-0.15, -0.1) is 0 Å². The fourth-order valence-electron chi connectivity index (χ4n) is 2.18. The van der Waals surface area contributed by atoms with Gasteiger partial charge in [-0.1, -0.05) is 41.1 Å². The number of hydrogen-bond donors (Lipinski definition) is 1. The fraction of sp³-hybridized carbons (Fsp3) is 0.294. The molecule has 21 heavy (non-hydrogen) atoms. The molecule has 0 spiro atoms. The first-order valence-electron chi connectivity index (χ1n) is 7.01. The largest absolute Gasteiger partial charge is 0.489 e. The van der Waals surface area contributed by atoms with Crippen LogP contribution in [0.5, 0.6) is 5.75 Å². The molecule has 1 N–H and O–H groups in total. The van der Waals surface area contributed by atoms with Gasteiger partial charge in [0.2, 0.25) is 0 Å². The molecule has 112 valence electrons. The molecule has 0 heterocycles. The van der Waals surface area contributed by atoms with Crippen molar-refractivity contribution in [3.05, 3.63) is 63.9 Å². The first kappa shape index (κ1) is 16.0. The zero-order valence-corrected chi connectivity index (χ0v) is 13.8. The molecule has 4 heteroatoms. The minimum Gasteiger partial charge on any atom is -0.489 e. The number of hydrogen-bond acceptors (Lipinski definition) is 2. The first-order chi connectivity index (χ1) is 10.1. The molecule has 0 saturated heterocycles. The standard InChI is InChI=1S/C17H19BrFNO/c1-3-20-12(2)15-10-14(19)8-9-17(15)21-11-13-6-4-5-7-16(13)18/h4-10,12,20H,3,11H2,1-2H3. The normalized spacial score (nSPS) is 12.2. The highest BCUT2D eigenvalue weighted by atomic mass is 79.9. The van der Waals surface area contributed by atoms with Crippen LogP contribution in [0.1, 0.15) is 31.0 Å². The predicted octanol–water partition coefficient (Wildman–Crippen LogP) is 4.84. The molecule has 1 unspecified atom stereocenters. The van der Waals surface area contributed by atoms with Crippen LogP contribution in [0.4, 0.5) is 4.39 Å². The van der Waals surface area contributed by atoms with E-state index in [0.717, 1.165) is 22.1 Å². The summed E-state index contributed by atoms with van der Waals surface area (Å²) in [5.74, 6) is 0.462. The molecular weight excluding hydrogens is 333 g/mol. The summed E-state index contributed by atoms with van der Waals surface area (Å²) in [5.41, 5.74) is 1.90. The molecule has 2 nitrogen and oxygen atoms in total. The third kappa shape index (κ3) is 4.29. The average molecular weight is 352 g/mol. The highest BCUT2D eigenvalue weighted by molar-refractivity contribution is 9.10. The van der Waals surface area contributed by atoms with Crippen molar-refractivity contribution in [3.63, 3.8) is 0 Å². The Morgan fingerprint density at radius 2 is 2.00 bits per heavy atom. The van der Waals surface area contributed by atoms with Gasteiger partial charge in [-0.2, -0.15) is 0 Å². The second-order valence-electron chi connectivity index (χ2n) is 4.84. The molecule has 0 aliphatic heterocycles. The van der Waals surface area contributed by atoms with Crippen LogP contribution in [0.15, 0.2) is 46.9 Å². The molecule has 2 aromatic rings. The maximum absolute atomic E-state index is 13.5. The lowest BCUT2D eigenvalue weighted by atomic mass is 10.1. The Balaban J connectivity index is 2.18. The van der Waals surface area contributed by atoms with E-state index >= 15 is 0 Å². The lowest BCUT2D eigenvalue weighted by Gasteiger charge is -2.18. The summed E-state index contributed by atoms with van der Waals surface area (Å²) < 4.78 is 20.4. The van der Waals surface area contributed by atoms with E-state index in [4.69, 9.17) is 4.74 Å². The summed E-state index contributed by atoms with van der Waals surface area (Å²) in [6.07, 6.45) is 0. The topological polar surface area (TPSA) is 21.3 Å². The predicted molar refractivity (Wildman–Crippen MR) is 87.0 cm³/mol. The van der Waals surface area contributed by atoms with E-state index in [2.05, 4.69) is 21.2 Å². The summed E-state index contributed by atoms with van der Waals surface area (Å²) in [6, 6.07) is 12.6. The van der Waals surface area contributed by atoms with Crippen molar-refractivity contribution in [3.8, 4) is 5.75 Å². The van der Waals surface area contributed by atoms with E-state index in [9.17, 15) is 4.39 Å². The maximum atomic E-state index is 13.5. The van der Waals surface area contributed by atoms with E-state index in [1.54, 1.807) is 6.07 Å². The second-order valence-corrected chi connectivity index (χ2v) is 5.70. The maximum Gasteiger partial charge on any atom is 0.124 e. The molecule has 0 bridgehead atoms. The molecule has 0 aromatic heterocycles. The summed E-state index contributed by atoms with van der Waals surface area (Å²) >= 11 is 3.50. The van der Waals surface area contributed by atoms with Crippen molar-refractivity contribution in [2.45, 2.75) is 26.5 Å². The van der Waals surface area contributed by atoms with Crippen LogP contribution in [0.3, 0.4) is 0 Å². The van der Waals surface area contributed by atoms with Crippen molar-refractivity contribution in [1.82, 2.24) is 5.32 Å². The molecule has 0 radical (unpaired) electrons. The van der Waals surface area contributed by atoms with Crippen LogP contribution in [0.25, 0.3) is 0 Å². The summed E-state index contributed by atoms with van der Waals surface area (Å²) in [5, 5.41) is 3.28. The lowest BCUT2D eigenvalue weighted by molar-refractivity contribution is 0.298. The van der Waals surface area contributed by atoms with Crippen LogP contribution in [0, 0.1) is 5.82 Å². The van der Waals surface area contributed by atoms with Gasteiger partial charge in [0.05, 0.1) is 0 Å². The van der Waals surface area contributed by atoms with Gasteiger partial charge in [0, 0.05) is 21.6 Å². The van der Waals surface area contributed by atoms with Crippen LogP contribution in [-0.2, 0) is 6.61 Å². The third-order valence-corrected chi connectivity index (χ3v) is 4.06. The van der Waals surface area contributed by atoms with Crippen molar-refractivity contribution in [2.75, 3.05) is 6.54 Å². The average Bonchev–Trinajstić information content (AvgIpc) is 2.47. The van der Waals surface area contributed by atoms with Gasteiger partial charge in [0.1, 0.15) is 18.2 Å². The fourth-order valence-corrected chi connectivity index (χ4v) is 2.58. The van der Waals surface area contributed by atoms with E-state index < -0.39 is 0 Å². The van der Waals surface area contributed by atoms with Crippen LogP contribution < -0.4 is 10.1 Å². The minimum absolute atomic E-state index is 0.0416. The van der Waals surface area contributed by atoms with Crippen LogP contribution in [0.2, 0.25) is 0 Å². The second kappa shape index (κ2) is 7.57. The van der Waals surface area contributed by atoms with Gasteiger partial charge in [-0.25, -0.2) is 4.39 Å². The van der Waals surface area contributed by atoms with Crippen molar-refractivity contribution >= 4 is 15.9 Å². The zero-order valence-electron chi connectivity index (χ0n) is 12.2. The van der Waals surface area contributed by atoms with Gasteiger partial charge in [-0.05, 0) is 37.7 Å². The zero-order chi connectivity index (χ0) is 15.2. The molecular formula is C17H19BrFNO.